The van der Waals surface area contributed by atoms with Gasteiger partial charge in [0, 0.05) is 32.1 Å². The van der Waals surface area contributed by atoms with Gasteiger partial charge in [-0.05, 0) is 45.4 Å². The van der Waals surface area contributed by atoms with Gasteiger partial charge in [-0.1, -0.05) is 6.08 Å². The van der Waals surface area contributed by atoms with E-state index >= 15 is 0 Å². The lowest BCUT2D eigenvalue weighted by Gasteiger charge is -2.47. The molecule has 5 nitrogen and oxygen atoms in total. The third-order valence-electron chi connectivity index (χ3n) is 4.87. The average molecular weight is 328 g/mol. The molecule has 0 aliphatic carbocycles. The summed E-state index contributed by atoms with van der Waals surface area (Å²) in [6.07, 6.45) is 5.74. The number of hydrogen-bond acceptors (Lipinski definition) is 3. The Morgan fingerprint density at radius 3 is 2.68 bits per heavy atom. The van der Waals surface area contributed by atoms with Gasteiger partial charge in [-0.15, -0.1) is 6.58 Å². The molecule has 0 saturated carbocycles. The van der Waals surface area contributed by atoms with E-state index in [4.69, 9.17) is 0 Å². The summed E-state index contributed by atoms with van der Waals surface area (Å²) < 4.78 is 26.3. The van der Waals surface area contributed by atoms with E-state index in [1.54, 1.807) is 24.2 Å². The number of amides is 1. The van der Waals surface area contributed by atoms with Crippen LogP contribution in [0, 0.1) is 5.92 Å². The molecule has 22 heavy (non-hydrogen) atoms. The van der Waals surface area contributed by atoms with Crippen LogP contribution < -0.4 is 0 Å². The lowest BCUT2D eigenvalue weighted by atomic mass is 9.84. The normalized spacial score (nSPS) is 26.8. The molecule has 6 heteroatoms. The molecule has 2 saturated heterocycles. The molecule has 0 radical (unpaired) electrons. The number of rotatable bonds is 5. The minimum absolute atomic E-state index is 0.190. The molecule has 2 aliphatic rings. The summed E-state index contributed by atoms with van der Waals surface area (Å²) in [5, 5.41) is -0.377. The van der Waals surface area contributed by atoms with Gasteiger partial charge in [0.05, 0.1) is 5.25 Å². The van der Waals surface area contributed by atoms with Gasteiger partial charge in [0.25, 0.3) is 0 Å². The second-order valence-electron chi connectivity index (χ2n) is 6.62. The van der Waals surface area contributed by atoms with Crippen molar-refractivity contribution >= 4 is 15.9 Å². The third-order valence-corrected chi connectivity index (χ3v) is 7.11. The van der Waals surface area contributed by atoms with Crippen LogP contribution in [0.25, 0.3) is 0 Å². The van der Waals surface area contributed by atoms with Crippen LogP contribution >= 0.6 is 0 Å². The van der Waals surface area contributed by atoms with Crippen molar-refractivity contribution in [1.29, 1.82) is 0 Å². The first-order chi connectivity index (χ1) is 10.4. The molecule has 0 aromatic carbocycles. The van der Waals surface area contributed by atoms with E-state index in [0.29, 0.717) is 25.9 Å². The van der Waals surface area contributed by atoms with Crippen LogP contribution in [0.2, 0.25) is 0 Å². The van der Waals surface area contributed by atoms with E-state index in [1.807, 2.05) is 4.90 Å². The minimum atomic E-state index is -3.19. The van der Waals surface area contributed by atoms with Gasteiger partial charge < -0.3 is 4.90 Å². The molecular formula is C16H28N2O3S. The summed E-state index contributed by atoms with van der Waals surface area (Å²) in [4.78, 5) is 14.3. The molecule has 0 aromatic heterocycles. The fourth-order valence-corrected chi connectivity index (χ4v) is 4.93. The third kappa shape index (κ3) is 3.54. The molecule has 2 fully saturated rings. The highest BCUT2D eigenvalue weighted by Gasteiger charge is 2.41. The Balaban J connectivity index is 2.05. The Kier molecular flexibility index (Phi) is 5.66. The molecule has 0 spiro atoms. The van der Waals surface area contributed by atoms with E-state index in [1.165, 1.54) is 0 Å². The van der Waals surface area contributed by atoms with Crippen LogP contribution in [0.3, 0.4) is 0 Å². The number of allylic oxidation sites excluding steroid dienone is 1. The lowest BCUT2D eigenvalue weighted by molar-refractivity contribution is -0.137. The van der Waals surface area contributed by atoms with Gasteiger partial charge in [0.1, 0.15) is 0 Å². The van der Waals surface area contributed by atoms with Crippen molar-refractivity contribution < 1.29 is 13.2 Å². The van der Waals surface area contributed by atoms with Gasteiger partial charge >= 0.3 is 0 Å². The molecule has 2 rings (SSSR count). The average Bonchev–Trinajstić information content (AvgIpc) is 2.51. The van der Waals surface area contributed by atoms with Crippen LogP contribution in [0.5, 0.6) is 0 Å². The summed E-state index contributed by atoms with van der Waals surface area (Å²) in [5.74, 6) is 0.471. The second-order valence-corrected chi connectivity index (χ2v) is 9.11. The van der Waals surface area contributed by atoms with E-state index in [9.17, 15) is 13.2 Å². The smallest absolute Gasteiger partial charge is 0.223 e. The Morgan fingerprint density at radius 2 is 2.05 bits per heavy atom. The van der Waals surface area contributed by atoms with Gasteiger partial charge in [-0.2, -0.15) is 0 Å². The minimum Gasteiger partial charge on any atom is -0.339 e. The molecule has 0 N–H and O–H groups in total. The SMILES string of the molecule is C=CCCC(=O)N1CCC[C@@H]2CN(S(=O)(=O)C(C)C)CC[C@H]21. The first kappa shape index (κ1) is 17.5. The summed E-state index contributed by atoms with van der Waals surface area (Å²) >= 11 is 0. The summed E-state index contributed by atoms with van der Waals surface area (Å²) in [5.41, 5.74) is 0. The summed E-state index contributed by atoms with van der Waals surface area (Å²) in [6, 6.07) is 0.213. The molecule has 2 heterocycles. The zero-order valence-corrected chi connectivity index (χ0v) is 14.5. The van der Waals surface area contributed by atoms with Crippen molar-refractivity contribution in [3.63, 3.8) is 0 Å². The van der Waals surface area contributed by atoms with Gasteiger partial charge in [0.2, 0.25) is 15.9 Å². The quantitative estimate of drug-likeness (QED) is 0.725. The first-order valence-electron chi connectivity index (χ1n) is 8.27. The van der Waals surface area contributed by atoms with E-state index in [-0.39, 0.29) is 23.1 Å². The van der Waals surface area contributed by atoms with Gasteiger partial charge in [0.15, 0.2) is 0 Å². The predicted octanol–water partition coefficient (Wildman–Crippen LogP) is 2.00. The number of carbonyl (C=O) groups is 1. The first-order valence-corrected chi connectivity index (χ1v) is 9.77. The van der Waals surface area contributed by atoms with Crippen LogP contribution in [0.4, 0.5) is 0 Å². The standard InChI is InChI=1S/C16H28N2O3S/c1-4-5-8-16(19)18-10-6-7-14-12-17(11-9-15(14)18)22(20,21)13(2)3/h4,13-15H,1,5-12H2,2-3H3/t14-,15-/m1/s1. The largest absolute Gasteiger partial charge is 0.339 e. The van der Waals surface area contributed by atoms with Crippen LogP contribution in [-0.4, -0.2) is 54.5 Å². The molecule has 0 unspecified atom stereocenters. The van der Waals surface area contributed by atoms with Crippen molar-refractivity contribution in [3.8, 4) is 0 Å². The number of hydrogen-bond donors (Lipinski definition) is 0. The van der Waals surface area contributed by atoms with Crippen molar-refractivity contribution in [2.75, 3.05) is 19.6 Å². The monoisotopic (exact) mass is 328 g/mol. The topological polar surface area (TPSA) is 57.7 Å². The maximum absolute atomic E-state index is 12.4. The Bertz CT molecular complexity index is 515. The number of sulfonamides is 1. The molecule has 126 valence electrons. The predicted molar refractivity (Wildman–Crippen MR) is 87.9 cm³/mol. The van der Waals surface area contributed by atoms with Crippen molar-refractivity contribution in [2.45, 2.75) is 57.2 Å². The van der Waals surface area contributed by atoms with E-state index in [0.717, 1.165) is 25.8 Å². The van der Waals surface area contributed by atoms with E-state index < -0.39 is 10.0 Å². The molecule has 2 atom stereocenters. The van der Waals surface area contributed by atoms with Crippen molar-refractivity contribution in [3.05, 3.63) is 12.7 Å². The summed E-state index contributed by atoms with van der Waals surface area (Å²) in [7, 11) is -3.19. The molecule has 1 amide bonds. The van der Waals surface area contributed by atoms with Crippen LogP contribution in [0.1, 0.15) is 46.0 Å². The lowest BCUT2D eigenvalue weighted by Crippen LogP contribution is -2.57. The second kappa shape index (κ2) is 7.13. The Morgan fingerprint density at radius 1 is 1.32 bits per heavy atom. The zero-order valence-electron chi connectivity index (χ0n) is 13.7. The maximum atomic E-state index is 12.4. The Hall–Kier alpha value is -0.880. The molecule has 0 bridgehead atoms. The highest BCUT2D eigenvalue weighted by molar-refractivity contribution is 7.89. The van der Waals surface area contributed by atoms with Gasteiger partial charge in [-0.25, -0.2) is 12.7 Å². The van der Waals surface area contributed by atoms with Crippen molar-refractivity contribution in [2.24, 2.45) is 5.92 Å². The van der Waals surface area contributed by atoms with Crippen LogP contribution in [0.15, 0.2) is 12.7 Å². The maximum Gasteiger partial charge on any atom is 0.223 e. The number of likely N-dealkylation sites (tertiary alicyclic amines) is 1. The summed E-state index contributed by atoms with van der Waals surface area (Å²) in [6.45, 7) is 9.04. The highest BCUT2D eigenvalue weighted by atomic mass is 32.2. The number of carbonyl (C=O) groups excluding carboxylic acids is 1. The van der Waals surface area contributed by atoms with Gasteiger partial charge in [-0.3, -0.25) is 4.79 Å². The van der Waals surface area contributed by atoms with Crippen molar-refractivity contribution in [1.82, 2.24) is 9.21 Å². The van der Waals surface area contributed by atoms with Crippen LogP contribution in [-0.2, 0) is 14.8 Å². The number of piperidine rings is 2. The van der Waals surface area contributed by atoms with E-state index in [2.05, 4.69) is 6.58 Å². The highest BCUT2D eigenvalue weighted by Crippen LogP contribution is 2.32. The molecule has 2 aliphatic heterocycles. The zero-order chi connectivity index (χ0) is 16.3. The fraction of sp³-hybridized carbons (Fsp3) is 0.812. The molecule has 0 aromatic rings. The molecular weight excluding hydrogens is 300 g/mol. The Labute approximate surface area is 134 Å². The fourth-order valence-electron chi connectivity index (χ4n) is 3.58. The number of fused-ring (bicyclic) bond motifs is 1. The number of nitrogens with zero attached hydrogens (tertiary/aromatic N) is 2.